The molecule has 1 aliphatic carbocycles. The zero-order valence-corrected chi connectivity index (χ0v) is 12.4. The molecule has 112 valence electrons. The standard InChI is InChI=1S/C17H20O4/c1-16(2)20-15(18)13-8-12-10-19-14(9-17(12,13)21-16)11-6-4-3-5-7-11/h3-7,12-14H,8-10H2,1-2H3/t12-,13-,14+,17-/m1/s1. The van der Waals surface area contributed by atoms with Crippen molar-refractivity contribution in [1.29, 1.82) is 0 Å². The maximum Gasteiger partial charge on any atom is 0.314 e. The monoisotopic (exact) mass is 288 g/mol. The van der Waals surface area contributed by atoms with E-state index in [9.17, 15) is 4.79 Å². The molecule has 2 aliphatic heterocycles. The van der Waals surface area contributed by atoms with Gasteiger partial charge in [-0.05, 0) is 12.0 Å². The van der Waals surface area contributed by atoms with Gasteiger partial charge in [0.1, 0.15) is 0 Å². The Morgan fingerprint density at radius 3 is 2.71 bits per heavy atom. The van der Waals surface area contributed by atoms with Crippen LogP contribution >= 0.6 is 0 Å². The maximum atomic E-state index is 12.2. The van der Waals surface area contributed by atoms with Gasteiger partial charge in [0, 0.05) is 26.2 Å². The third-order valence-corrected chi connectivity index (χ3v) is 5.04. The second-order valence-corrected chi connectivity index (χ2v) is 6.80. The van der Waals surface area contributed by atoms with Crippen molar-refractivity contribution in [2.75, 3.05) is 6.61 Å². The minimum Gasteiger partial charge on any atom is -0.433 e. The third kappa shape index (κ3) is 1.93. The van der Waals surface area contributed by atoms with Crippen molar-refractivity contribution < 1.29 is 19.0 Å². The van der Waals surface area contributed by atoms with Gasteiger partial charge in [-0.25, -0.2) is 0 Å². The number of cyclic esters (lactones) is 1. The number of carbonyl (C=O) groups is 1. The average molecular weight is 288 g/mol. The summed E-state index contributed by atoms with van der Waals surface area (Å²) < 4.78 is 17.7. The summed E-state index contributed by atoms with van der Waals surface area (Å²) in [6, 6.07) is 10.2. The van der Waals surface area contributed by atoms with Gasteiger partial charge in [-0.3, -0.25) is 4.79 Å². The van der Waals surface area contributed by atoms with Crippen LogP contribution in [0.5, 0.6) is 0 Å². The molecular formula is C17H20O4. The van der Waals surface area contributed by atoms with Gasteiger partial charge in [0.2, 0.25) is 5.79 Å². The molecule has 2 heterocycles. The van der Waals surface area contributed by atoms with Gasteiger partial charge in [-0.15, -0.1) is 0 Å². The van der Waals surface area contributed by atoms with Gasteiger partial charge in [-0.2, -0.15) is 0 Å². The van der Waals surface area contributed by atoms with Gasteiger partial charge < -0.3 is 14.2 Å². The Kier molecular flexibility index (Phi) is 2.72. The number of hydrogen-bond donors (Lipinski definition) is 0. The molecule has 4 heteroatoms. The Labute approximate surface area is 124 Å². The molecule has 0 bridgehead atoms. The highest BCUT2D eigenvalue weighted by Crippen LogP contribution is 2.59. The number of rotatable bonds is 1. The average Bonchev–Trinajstić information content (AvgIpc) is 2.41. The van der Waals surface area contributed by atoms with Crippen LogP contribution < -0.4 is 0 Å². The first kappa shape index (κ1) is 13.3. The number of esters is 1. The lowest BCUT2D eigenvalue weighted by atomic mass is 9.56. The van der Waals surface area contributed by atoms with Crippen molar-refractivity contribution in [1.82, 2.24) is 0 Å². The number of ether oxygens (including phenoxy) is 3. The van der Waals surface area contributed by atoms with Crippen LogP contribution in [0.15, 0.2) is 30.3 Å². The minimum absolute atomic E-state index is 0.00745. The first-order chi connectivity index (χ1) is 10.0. The predicted molar refractivity (Wildman–Crippen MR) is 75.3 cm³/mol. The van der Waals surface area contributed by atoms with Crippen LogP contribution in [-0.2, 0) is 19.0 Å². The molecular weight excluding hydrogens is 268 g/mol. The van der Waals surface area contributed by atoms with Crippen molar-refractivity contribution in [3.8, 4) is 0 Å². The fourth-order valence-electron chi connectivity index (χ4n) is 4.07. The summed E-state index contributed by atoms with van der Waals surface area (Å²) in [5, 5.41) is 0. The molecule has 1 aromatic carbocycles. The molecule has 3 fully saturated rings. The quantitative estimate of drug-likeness (QED) is 0.745. The first-order valence-electron chi connectivity index (χ1n) is 7.60. The van der Waals surface area contributed by atoms with Crippen molar-refractivity contribution in [2.45, 2.75) is 44.2 Å². The highest BCUT2D eigenvalue weighted by molar-refractivity contribution is 5.77. The van der Waals surface area contributed by atoms with Gasteiger partial charge in [-0.1, -0.05) is 30.3 Å². The second-order valence-electron chi connectivity index (χ2n) is 6.80. The van der Waals surface area contributed by atoms with Crippen LogP contribution in [0.3, 0.4) is 0 Å². The summed E-state index contributed by atoms with van der Waals surface area (Å²) in [5.74, 6) is -0.790. The van der Waals surface area contributed by atoms with E-state index in [-0.39, 0.29) is 18.0 Å². The molecule has 0 unspecified atom stereocenters. The fourth-order valence-corrected chi connectivity index (χ4v) is 4.07. The topological polar surface area (TPSA) is 44.8 Å². The largest absolute Gasteiger partial charge is 0.433 e. The first-order valence-corrected chi connectivity index (χ1v) is 7.60. The molecule has 0 aromatic heterocycles. The molecule has 4 atom stereocenters. The van der Waals surface area contributed by atoms with Crippen LogP contribution in [0.2, 0.25) is 0 Å². The van der Waals surface area contributed by atoms with Crippen LogP contribution in [0.25, 0.3) is 0 Å². The summed E-state index contributed by atoms with van der Waals surface area (Å²) in [4.78, 5) is 12.2. The SMILES string of the molecule is CC1(C)OC(=O)[C@H]2C[C@@H]3CO[C@H](c4ccccc4)C[C@@]32O1. The lowest BCUT2D eigenvalue weighted by Crippen LogP contribution is -2.70. The third-order valence-electron chi connectivity index (χ3n) is 5.04. The highest BCUT2D eigenvalue weighted by Gasteiger charge is 2.67. The van der Waals surface area contributed by atoms with E-state index in [1.807, 2.05) is 32.0 Å². The predicted octanol–water partition coefficient (Wildman–Crippen LogP) is 2.83. The minimum atomic E-state index is -0.842. The van der Waals surface area contributed by atoms with Gasteiger partial charge in [0.25, 0.3) is 0 Å². The van der Waals surface area contributed by atoms with E-state index in [0.29, 0.717) is 12.5 Å². The van der Waals surface area contributed by atoms with Crippen LogP contribution in [0, 0.1) is 11.8 Å². The molecule has 4 nitrogen and oxygen atoms in total. The molecule has 1 aromatic rings. The van der Waals surface area contributed by atoms with Crippen LogP contribution in [0.4, 0.5) is 0 Å². The van der Waals surface area contributed by atoms with Gasteiger partial charge in [0.15, 0.2) is 0 Å². The summed E-state index contributed by atoms with van der Waals surface area (Å²) in [7, 11) is 0. The Bertz CT molecular complexity index is 567. The lowest BCUT2D eigenvalue weighted by Gasteiger charge is -2.62. The molecule has 1 spiro atoms. The van der Waals surface area contributed by atoms with E-state index in [0.717, 1.165) is 18.4 Å². The Hall–Kier alpha value is -1.39. The molecule has 21 heavy (non-hydrogen) atoms. The second kappa shape index (κ2) is 4.31. The molecule has 2 saturated heterocycles. The zero-order chi connectivity index (χ0) is 14.7. The van der Waals surface area contributed by atoms with E-state index in [2.05, 4.69) is 12.1 Å². The lowest BCUT2D eigenvalue weighted by molar-refractivity contribution is -0.369. The number of benzene rings is 1. The van der Waals surface area contributed by atoms with E-state index in [4.69, 9.17) is 14.2 Å². The van der Waals surface area contributed by atoms with E-state index >= 15 is 0 Å². The smallest absolute Gasteiger partial charge is 0.314 e. The van der Waals surface area contributed by atoms with E-state index in [1.54, 1.807) is 0 Å². The summed E-state index contributed by atoms with van der Waals surface area (Å²) in [6.45, 7) is 4.29. The van der Waals surface area contributed by atoms with Crippen LogP contribution in [-0.4, -0.2) is 24.0 Å². The molecule has 4 rings (SSSR count). The summed E-state index contributed by atoms with van der Waals surface area (Å²) >= 11 is 0. The van der Waals surface area contributed by atoms with E-state index in [1.165, 1.54) is 0 Å². The number of carbonyl (C=O) groups excluding carboxylic acids is 1. The summed E-state index contributed by atoms with van der Waals surface area (Å²) in [6.07, 6.45) is 1.54. The summed E-state index contributed by atoms with van der Waals surface area (Å²) in [5.41, 5.74) is 0.744. The Morgan fingerprint density at radius 1 is 1.19 bits per heavy atom. The Morgan fingerprint density at radius 2 is 1.95 bits per heavy atom. The molecule has 3 aliphatic rings. The number of hydrogen-bond acceptors (Lipinski definition) is 4. The Balaban J connectivity index is 1.65. The van der Waals surface area contributed by atoms with Gasteiger partial charge in [0.05, 0.1) is 24.2 Å². The molecule has 0 amide bonds. The van der Waals surface area contributed by atoms with Crippen LogP contribution in [0.1, 0.15) is 38.4 Å². The zero-order valence-electron chi connectivity index (χ0n) is 12.4. The van der Waals surface area contributed by atoms with E-state index < -0.39 is 11.4 Å². The molecule has 0 N–H and O–H groups in total. The normalized spacial score (nSPS) is 40.5. The van der Waals surface area contributed by atoms with Gasteiger partial charge >= 0.3 is 5.97 Å². The van der Waals surface area contributed by atoms with Crippen molar-refractivity contribution in [3.05, 3.63) is 35.9 Å². The van der Waals surface area contributed by atoms with Crippen molar-refractivity contribution >= 4 is 5.97 Å². The maximum absolute atomic E-state index is 12.2. The fraction of sp³-hybridized carbons (Fsp3) is 0.588. The van der Waals surface area contributed by atoms with Crippen molar-refractivity contribution in [3.63, 3.8) is 0 Å². The van der Waals surface area contributed by atoms with Crippen molar-refractivity contribution in [2.24, 2.45) is 11.8 Å². The molecule has 1 saturated carbocycles. The molecule has 0 radical (unpaired) electrons. The highest BCUT2D eigenvalue weighted by atomic mass is 16.7.